The largest absolute Gasteiger partial charge is 0.346 e. The average Bonchev–Trinajstić information content (AvgIpc) is 3.45. The monoisotopic (exact) mass is 466 g/mol. The van der Waals surface area contributed by atoms with E-state index >= 15 is 0 Å². The first kappa shape index (κ1) is 21.3. The van der Waals surface area contributed by atoms with E-state index in [9.17, 15) is 9.59 Å². The summed E-state index contributed by atoms with van der Waals surface area (Å²) >= 11 is 7.06. The van der Waals surface area contributed by atoms with Gasteiger partial charge in [-0.15, -0.1) is 16.4 Å². The lowest BCUT2D eigenvalue weighted by Gasteiger charge is -2.11. The number of halogens is 1. The Kier molecular flexibility index (Phi) is 6.31. The smallest absolute Gasteiger partial charge is 0.261 e. The van der Waals surface area contributed by atoms with Gasteiger partial charge in [0.05, 0.1) is 34.2 Å². The van der Waals surface area contributed by atoms with Gasteiger partial charge in [0.15, 0.2) is 0 Å². The molecule has 1 N–H and O–H groups in total. The molecule has 12 heteroatoms. The topological polar surface area (TPSA) is 131 Å². The van der Waals surface area contributed by atoms with Crippen molar-refractivity contribution in [1.82, 2.24) is 24.9 Å². The van der Waals surface area contributed by atoms with Crippen LogP contribution < -0.4 is 10.9 Å². The third-order valence-corrected chi connectivity index (χ3v) is 5.71. The lowest BCUT2D eigenvalue weighted by molar-refractivity contribution is 0.0954. The van der Waals surface area contributed by atoms with Crippen LogP contribution in [0.1, 0.15) is 20.9 Å². The van der Waals surface area contributed by atoms with Crippen LogP contribution in [0.2, 0.25) is 4.34 Å². The number of aromatic nitrogens is 4. The zero-order valence-corrected chi connectivity index (χ0v) is 18.0. The van der Waals surface area contributed by atoms with Crippen LogP contribution >= 0.6 is 22.9 Å². The van der Waals surface area contributed by atoms with Crippen molar-refractivity contribution in [1.29, 1.82) is 0 Å². The molecule has 1 aromatic carbocycles. The summed E-state index contributed by atoms with van der Waals surface area (Å²) in [6.45, 7) is 0.240. The molecule has 160 valence electrons. The Labute approximate surface area is 190 Å². The molecule has 0 aliphatic rings. The molecule has 32 heavy (non-hydrogen) atoms. The molecule has 0 saturated heterocycles. The van der Waals surface area contributed by atoms with E-state index < -0.39 is 0 Å². The molecule has 0 aliphatic heterocycles. The number of benzene rings is 1. The van der Waals surface area contributed by atoms with Gasteiger partial charge in [0.1, 0.15) is 5.69 Å². The van der Waals surface area contributed by atoms with Crippen molar-refractivity contribution in [3.63, 3.8) is 0 Å². The van der Waals surface area contributed by atoms with E-state index in [4.69, 9.17) is 17.1 Å². The quantitative estimate of drug-likeness (QED) is 0.251. The number of hydrogen-bond donors (Lipinski definition) is 1. The van der Waals surface area contributed by atoms with Gasteiger partial charge < -0.3 is 5.32 Å². The molecule has 0 aliphatic carbocycles. The predicted molar refractivity (Wildman–Crippen MR) is 120 cm³/mol. The van der Waals surface area contributed by atoms with E-state index in [0.717, 1.165) is 0 Å². The maximum atomic E-state index is 12.2. The van der Waals surface area contributed by atoms with Gasteiger partial charge in [-0.05, 0) is 47.5 Å². The number of hydrogen-bond acceptors (Lipinski definition) is 6. The lowest BCUT2D eigenvalue weighted by atomic mass is 10.1. The molecule has 0 bridgehead atoms. The van der Waals surface area contributed by atoms with Crippen LogP contribution in [0.25, 0.3) is 21.8 Å². The fourth-order valence-corrected chi connectivity index (χ4v) is 3.97. The van der Waals surface area contributed by atoms with Crippen LogP contribution in [0.4, 0.5) is 0 Å². The molecule has 3 aromatic heterocycles. The third kappa shape index (κ3) is 4.70. The number of nitrogens with zero attached hydrogens (tertiary/aromatic N) is 7. The minimum atomic E-state index is -0.252. The maximum Gasteiger partial charge on any atom is 0.261 e. The molecule has 0 fully saturated rings. The average molecular weight is 467 g/mol. The van der Waals surface area contributed by atoms with Crippen molar-refractivity contribution < 1.29 is 4.79 Å². The fraction of sp³-hybridized carbons (Fsp3) is 0.100. The Hall–Kier alpha value is -3.92. The summed E-state index contributed by atoms with van der Waals surface area (Å²) in [5, 5.41) is 14.6. The van der Waals surface area contributed by atoms with E-state index in [-0.39, 0.29) is 24.6 Å². The number of carbonyl (C=O) groups is 1. The highest BCUT2D eigenvalue weighted by Crippen LogP contribution is 2.22. The lowest BCUT2D eigenvalue weighted by Crippen LogP contribution is -2.21. The van der Waals surface area contributed by atoms with Crippen molar-refractivity contribution in [2.45, 2.75) is 13.1 Å². The Balaban J connectivity index is 1.58. The minimum absolute atomic E-state index is 0.0618. The molecular formula is C20H15ClN8O2S. The van der Waals surface area contributed by atoms with Gasteiger partial charge in [0, 0.05) is 22.9 Å². The van der Waals surface area contributed by atoms with Crippen molar-refractivity contribution in [2.24, 2.45) is 5.11 Å². The molecule has 0 radical (unpaired) electrons. The van der Waals surface area contributed by atoms with Gasteiger partial charge in [-0.3, -0.25) is 14.2 Å². The van der Waals surface area contributed by atoms with E-state index in [1.54, 1.807) is 54.9 Å². The summed E-state index contributed by atoms with van der Waals surface area (Å²) < 4.78 is 3.56. The zero-order valence-electron chi connectivity index (χ0n) is 16.4. The molecule has 0 saturated carbocycles. The highest BCUT2D eigenvalue weighted by Gasteiger charge is 2.12. The first-order valence-corrected chi connectivity index (χ1v) is 10.5. The molecule has 0 unspecified atom stereocenters. The second-order valence-corrected chi connectivity index (χ2v) is 8.27. The van der Waals surface area contributed by atoms with E-state index in [2.05, 4.69) is 25.7 Å². The van der Waals surface area contributed by atoms with E-state index in [0.29, 0.717) is 31.8 Å². The molecule has 3 heterocycles. The number of pyridine rings is 1. The Morgan fingerprint density at radius 1 is 1.25 bits per heavy atom. The van der Waals surface area contributed by atoms with Gasteiger partial charge in [-0.2, -0.15) is 0 Å². The molecule has 10 nitrogen and oxygen atoms in total. The van der Waals surface area contributed by atoms with E-state index in [1.165, 1.54) is 26.7 Å². The number of rotatable bonds is 7. The molecule has 1 amide bonds. The molecule has 0 atom stereocenters. The molecular weight excluding hydrogens is 452 g/mol. The maximum absolute atomic E-state index is 12.2. The highest BCUT2D eigenvalue weighted by atomic mass is 35.5. The van der Waals surface area contributed by atoms with Crippen LogP contribution in [0.5, 0.6) is 0 Å². The van der Waals surface area contributed by atoms with Gasteiger partial charge in [0.25, 0.3) is 11.5 Å². The summed E-state index contributed by atoms with van der Waals surface area (Å²) in [6, 6.07) is 13.5. The fourth-order valence-electron chi connectivity index (χ4n) is 3.01. The SMILES string of the molecule is [N-]=[N+]=NCc1cc(-n2ccccc2=O)ccc1-n1cc(CNC(=O)c2ccc(Cl)s2)nn1. The van der Waals surface area contributed by atoms with Crippen LogP contribution in [0.3, 0.4) is 0 Å². The standard InChI is InChI=1S/C20H15ClN8O2S/c21-18-7-6-17(32-18)20(31)23-11-14-12-29(27-25-14)16-5-4-15(9-13(16)10-24-26-22)28-8-2-1-3-19(28)30/h1-9,12H,10-11H2,(H,23,31). The summed E-state index contributed by atoms with van der Waals surface area (Å²) in [4.78, 5) is 27.7. The second-order valence-electron chi connectivity index (χ2n) is 6.55. The molecule has 0 spiro atoms. The van der Waals surface area contributed by atoms with Gasteiger partial charge in [-0.1, -0.05) is 28.0 Å². The van der Waals surface area contributed by atoms with Crippen molar-refractivity contribution >= 4 is 28.8 Å². The van der Waals surface area contributed by atoms with Gasteiger partial charge >= 0.3 is 0 Å². The van der Waals surface area contributed by atoms with Crippen molar-refractivity contribution in [2.75, 3.05) is 0 Å². The number of carbonyl (C=O) groups excluding carboxylic acids is 1. The van der Waals surface area contributed by atoms with Crippen molar-refractivity contribution in [3.8, 4) is 11.4 Å². The minimum Gasteiger partial charge on any atom is -0.346 e. The summed E-state index contributed by atoms with van der Waals surface area (Å²) in [5.74, 6) is -0.252. The second kappa shape index (κ2) is 9.48. The summed E-state index contributed by atoms with van der Waals surface area (Å²) in [5.41, 5.74) is 11.0. The van der Waals surface area contributed by atoms with Crippen LogP contribution in [0, 0.1) is 0 Å². The summed E-state index contributed by atoms with van der Waals surface area (Å²) in [7, 11) is 0. The van der Waals surface area contributed by atoms with Crippen molar-refractivity contribution in [3.05, 3.63) is 102 Å². The first-order valence-electron chi connectivity index (χ1n) is 9.32. The predicted octanol–water partition coefficient (Wildman–Crippen LogP) is 3.87. The summed E-state index contributed by atoms with van der Waals surface area (Å²) in [6.07, 6.45) is 3.33. The number of nitrogens with one attached hydrogen (secondary N) is 1. The van der Waals surface area contributed by atoms with Gasteiger partial charge in [-0.25, -0.2) is 4.68 Å². The highest BCUT2D eigenvalue weighted by molar-refractivity contribution is 7.17. The Morgan fingerprint density at radius 3 is 2.88 bits per heavy atom. The van der Waals surface area contributed by atoms with E-state index in [1.807, 2.05) is 0 Å². The Bertz CT molecular complexity index is 1390. The van der Waals surface area contributed by atoms with Crippen LogP contribution in [0.15, 0.2) is 70.8 Å². The van der Waals surface area contributed by atoms with Crippen LogP contribution in [-0.4, -0.2) is 25.5 Å². The Morgan fingerprint density at radius 2 is 2.12 bits per heavy atom. The van der Waals surface area contributed by atoms with Crippen LogP contribution in [-0.2, 0) is 13.1 Å². The molecule has 4 aromatic rings. The third-order valence-electron chi connectivity index (χ3n) is 4.48. The zero-order chi connectivity index (χ0) is 22.5. The number of amides is 1. The number of azide groups is 1. The number of thiophene rings is 1. The first-order chi connectivity index (χ1) is 15.5. The molecule has 4 rings (SSSR count). The van der Waals surface area contributed by atoms with Gasteiger partial charge in [0.2, 0.25) is 0 Å². The normalized spacial score (nSPS) is 10.5.